The van der Waals surface area contributed by atoms with E-state index in [1.54, 1.807) is 41.2 Å². The van der Waals surface area contributed by atoms with Crippen LogP contribution in [-0.2, 0) is 6.61 Å². The van der Waals surface area contributed by atoms with Crippen molar-refractivity contribution in [1.29, 1.82) is 5.26 Å². The largest absolute Gasteiger partial charge is 0.489 e. The van der Waals surface area contributed by atoms with Crippen LogP contribution in [0.3, 0.4) is 0 Å². The van der Waals surface area contributed by atoms with Crippen LogP contribution in [0, 0.1) is 11.3 Å². The van der Waals surface area contributed by atoms with Gasteiger partial charge >= 0.3 is 0 Å². The lowest BCUT2D eigenvalue weighted by Crippen LogP contribution is -2.12. The van der Waals surface area contributed by atoms with Gasteiger partial charge in [0.15, 0.2) is 0 Å². The lowest BCUT2D eigenvalue weighted by atomic mass is 10.1. The fraction of sp³-hybridized carbons (Fsp3) is 0.0556. The molecule has 1 aromatic heterocycles. The third kappa shape index (κ3) is 3.97. The molecule has 24 heavy (non-hydrogen) atoms. The second-order valence-corrected chi connectivity index (χ2v) is 5.68. The van der Waals surface area contributed by atoms with Crippen molar-refractivity contribution in [3.8, 4) is 11.8 Å². The minimum atomic E-state index is -0.255. The van der Waals surface area contributed by atoms with E-state index >= 15 is 0 Å². The van der Waals surface area contributed by atoms with E-state index in [9.17, 15) is 4.79 Å². The first kappa shape index (κ1) is 15.7. The number of carbonyl (C=O) groups is 1. The third-order valence-electron chi connectivity index (χ3n) is 3.22. The molecule has 118 valence electrons. The Hall–Kier alpha value is -3.17. The molecule has 0 radical (unpaired) electrons. The van der Waals surface area contributed by atoms with Crippen LogP contribution in [0.25, 0.3) is 0 Å². The molecule has 3 aromatic rings. The number of ether oxygens (including phenoxy) is 1. The van der Waals surface area contributed by atoms with E-state index in [0.717, 1.165) is 5.56 Å². The molecule has 1 heterocycles. The minimum absolute atomic E-state index is 0.255. The van der Waals surface area contributed by atoms with Crippen LogP contribution in [0.1, 0.15) is 21.6 Å². The molecule has 3 rings (SSSR count). The first-order valence-corrected chi connectivity index (χ1v) is 8.10. The van der Waals surface area contributed by atoms with Crippen LogP contribution in [0.5, 0.6) is 5.75 Å². The summed E-state index contributed by atoms with van der Waals surface area (Å²) in [6.45, 7) is 0.346. The van der Waals surface area contributed by atoms with Crippen LogP contribution in [0.4, 0.5) is 5.69 Å². The number of rotatable bonds is 5. The van der Waals surface area contributed by atoms with Gasteiger partial charge in [0.1, 0.15) is 18.1 Å². The molecule has 0 fully saturated rings. The van der Waals surface area contributed by atoms with Crippen LogP contribution < -0.4 is 10.1 Å². The zero-order valence-corrected chi connectivity index (χ0v) is 13.4. The molecular formula is C18H13N3O2S. The van der Waals surface area contributed by atoms with Gasteiger partial charge in [0.05, 0.1) is 17.1 Å². The summed E-state index contributed by atoms with van der Waals surface area (Å²) in [7, 11) is 0. The van der Waals surface area contributed by atoms with Crippen LogP contribution >= 0.6 is 11.3 Å². The number of hydrogen-bond donors (Lipinski definition) is 1. The topological polar surface area (TPSA) is 75.0 Å². The van der Waals surface area contributed by atoms with E-state index in [1.807, 2.05) is 18.2 Å². The van der Waals surface area contributed by atoms with Gasteiger partial charge in [-0.3, -0.25) is 4.79 Å². The van der Waals surface area contributed by atoms with Gasteiger partial charge in [-0.2, -0.15) is 5.26 Å². The van der Waals surface area contributed by atoms with Gasteiger partial charge in [-0.1, -0.05) is 18.2 Å². The quantitative estimate of drug-likeness (QED) is 0.768. The van der Waals surface area contributed by atoms with Crippen LogP contribution in [0.2, 0.25) is 0 Å². The number of nitrogens with zero attached hydrogens (tertiary/aromatic N) is 2. The van der Waals surface area contributed by atoms with E-state index in [2.05, 4.69) is 16.4 Å². The second-order valence-electron chi connectivity index (χ2n) is 4.96. The first-order chi connectivity index (χ1) is 11.7. The Labute approximate surface area is 143 Å². The van der Waals surface area contributed by atoms with Crippen molar-refractivity contribution in [3.63, 3.8) is 0 Å². The molecule has 0 spiro atoms. The molecule has 0 unspecified atom stereocenters. The molecule has 0 atom stereocenters. The fourth-order valence-corrected chi connectivity index (χ4v) is 2.61. The lowest BCUT2D eigenvalue weighted by molar-refractivity contribution is 0.102. The average Bonchev–Trinajstić information content (AvgIpc) is 3.15. The fourth-order valence-electron chi connectivity index (χ4n) is 2.08. The van der Waals surface area contributed by atoms with Gasteiger partial charge in [0.2, 0.25) is 0 Å². The van der Waals surface area contributed by atoms with Crippen molar-refractivity contribution >= 4 is 22.9 Å². The molecule has 0 aliphatic carbocycles. The molecule has 2 aromatic carbocycles. The minimum Gasteiger partial charge on any atom is -0.489 e. The molecular weight excluding hydrogens is 322 g/mol. The number of thiazole rings is 1. The highest BCUT2D eigenvalue weighted by atomic mass is 32.1. The first-order valence-electron chi connectivity index (χ1n) is 7.16. The molecule has 5 nitrogen and oxygen atoms in total. The van der Waals surface area contributed by atoms with Gasteiger partial charge in [0, 0.05) is 17.1 Å². The number of aromatic nitrogens is 1. The number of nitriles is 1. The van der Waals surface area contributed by atoms with Gasteiger partial charge in [-0.05, 0) is 29.8 Å². The van der Waals surface area contributed by atoms with Crippen molar-refractivity contribution in [3.05, 3.63) is 76.2 Å². The Morgan fingerprint density at radius 2 is 2.12 bits per heavy atom. The maximum Gasteiger partial charge on any atom is 0.275 e. The highest BCUT2D eigenvalue weighted by Gasteiger charge is 2.08. The molecule has 6 heteroatoms. The van der Waals surface area contributed by atoms with Crippen LogP contribution in [-0.4, -0.2) is 10.9 Å². The second kappa shape index (κ2) is 7.40. The lowest BCUT2D eigenvalue weighted by Gasteiger charge is -2.09. The zero-order valence-electron chi connectivity index (χ0n) is 12.6. The van der Waals surface area contributed by atoms with Crippen molar-refractivity contribution in [2.24, 2.45) is 0 Å². The van der Waals surface area contributed by atoms with E-state index in [1.165, 1.54) is 11.3 Å². The van der Waals surface area contributed by atoms with E-state index in [4.69, 9.17) is 10.00 Å². The number of carbonyl (C=O) groups excluding carboxylic acids is 1. The number of anilines is 1. The summed E-state index contributed by atoms with van der Waals surface area (Å²) in [4.78, 5) is 16.0. The summed E-state index contributed by atoms with van der Waals surface area (Å²) in [5.41, 5.74) is 4.14. The molecule has 0 saturated heterocycles. The maximum atomic E-state index is 12.0. The molecule has 0 saturated carbocycles. The van der Waals surface area contributed by atoms with Gasteiger partial charge < -0.3 is 10.1 Å². The Morgan fingerprint density at radius 1 is 1.25 bits per heavy atom. The van der Waals surface area contributed by atoms with E-state index in [-0.39, 0.29) is 5.91 Å². The van der Waals surface area contributed by atoms with E-state index < -0.39 is 0 Å². The van der Waals surface area contributed by atoms with Crippen LogP contribution in [0.15, 0.2) is 59.4 Å². The summed E-state index contributed by atoms with van der Waals surface area (Å²) < 4.78 is 5.73. The summed E-state index contributed by atoms with van der Waals surface area (Å²) >= 11 is 1.37. The Morgan fingerprint density at radius 3 is 2.92 bits per heavy atom. The Kier molecular flexibility index (Phi) is 4.84. The van der Waals surface area contributed by atoms with Gasteiger partial charge in [-0.25, -0.2) is 4.98 Å². The summed E-state index contributed by atoms with van der Waals surface area (Å²) in [5, 5.41) is 13.4. The predicted octanol–water partition coefficient (Wildman–Crippen LogP) is 3.85. The molecule has 0 bridgehead atoms. The highest BCUT2D eigenvalue weighted by molar-refractivity contribution is 7.07. The summed E-state index contributed by atoms with van der Waals surface area (Å²) in [5.74, 6) is 0.378. The van der Waals surface area contributed by atoms with Gasteiger partial charge in [-0.15, -0.1) is 11.3 Å². The summed E-state index contributed by atoms with van der Waals surface area (Å²) in [6, 6.07) is 16.5. The number of benzene rings is 2. The van der Waals surface area contributed by atoms with E-state index in [0.29, 0.717) is 29.3 Å². The zero-order chi connectivity index (χ0) is 16.8. The molecule has 0 aliphatic rings. The molecule has 0 aliphatic heterocycles. The smallest absolute Gasteiger partial charge is 0.275 e. The predicted molar refractivity (Wildman–Crippen MR) is 92.0 cm³/mol. The Balaban J connectivity index is 1.65. The number of amides is 1. The van der Waals surface area contributed by atoms with Crippen molar-refractivity contribution in [1.82, 2.24) is 4.98 Å². The SMILES string of the molecule is N#Cc1cccc(COc2cccc(NC(=O)c3cscn3)c2)c1. The Bertz CT molecular complexity index is 885. The maximum absolute atomic E-state index is 12.0. The monoisotopic (exact) mass is 335 g/mol. The van der Waals surface area contributed by atoms with Crippen molar-refractivity contribution in [2.45, 2.75) is 6.61 Å². The van der Waals surface area contributed by atoms with Crippen molar-refractivity contribution < 1.29 is 9.53 Å². The number of nitrogens with one attached hydrogen (secondary N) is 1. The third-order valence-corrected chi connectivity index (χ3v) is 3.80. The summed E-state index contributed by atoms with van der Waals surface area (Å²) in [6.07, 6.45) is 0. The van der Waals surface area contributed by atoms with Crippen molar-refractivity contribution in [2.75, 3.05) is 5.32 Å². The highest BCUT2D eigenvalue weighted by Crippen LogP contribution is 2.19. The normalized spacial score (nSPS) is 9.96. The molecule has 1 N–H and O–H groups in total. The molecule has 1 amide bonds. The standard InChI is InChI=1S/C18H13N3O2S/c19-9-13-3-1-4-14(7-13)10-23-16-6-2-5-15(8-16)21-18(22)17-11-24-12-20-17/h1-8,11-12H,10H2,(H,21,22). The number of hydrogen-bond acceptors (Lipinski definition) is 5. The van der Waals surface area contributed by atoms with Gasteiger partial charge in [0.25, 0.3) is 5.91 Å². The average molecular weight is 335 g/mol.